The Morgan fingerprint density at radius 3 is 2.53 bits per heavy atom. The van der Waals surface area contributed by atoms with Crippen molar-refractivity contribution < 1.29 is 14.3 Å². The van der Waals surface area contributed by atoms with Crippen molar-refractivity contribution in [2.24, 2.45) is 0 Å². The van der Waals surface area contributed by atoms with Crippen molar-refractivity contribution in [2.75, 3.05) is 0 Å². The summed E-state index contributed by atoms with van der Waals surface area (Å²) in [5.41, 5.74) is 0.588. The van der Waals surface area contributed by atoms with Crippen LogP contribution in [0.3, 0.4) is 0 Å². The van der Waals surface area contributed by atoms with E-state index in [0.29, 0.717) is 11.3 Å². The Hall–Kier alpha value is -1.04. The van der Waals surface area contributed by atoms with Gasteiger partial charge in [-0.2, -0.15) is 0 Å². The zero-order chi connectivity index (χ0) is 10.8. The fourth-order valence-electron chi connectivity index (χ4n) is 1.21. The highest BCUT2D eigenvalue weighted by Crippen LogP contribution is 2.19. The van der Waals surface area contributed by atoms with E-state index in [0.717, 1.165) is 3.57 Å². The fourth-order valence-corrected chi connectivity index (χ4v) is 1.57. The van der Waals surface area contributed by atoms with Gasteiger partial charge in [0.2, 0.25) is 0 Å². The molecule has 1 unspecified atom stereocenters. The van der Waals surface area contributed by atoms with E-state index in [4.69, 9.17) is 9.47 Å². The molecule has 0 aliphatic carbocycles. The van der Waals surface area contributed by atoms with Crippen molar-refractivity contribution in [2.45, 2.75) is 13.2 Å². The molecule has 4 heteroatoms. The quantitative estimate of drug-likeness (QED) is 0.621. The zero-order valence-electron chi connectivity index (χ0n) is 8.07. The maximum absolute atomic E-state index is 11.1. The molecule has 1 heterocycles. The summed E-state index contributed by atoms with van der Waals surface area (Å²) in [5.74, 6) is 0.379. The van der Waals surface area contributed by atoms with Crippen LogP contribution in [0.25, 0.3) is 0 Å². The summed E-state index contributed by atoms with van der Waals surface area (Å²) in [5, 5.41) is 0. The maximum atomic E-state index is 11.1. The molecule has 1 aromatic rings. The number of cyclic esters (lactones) is 1. The molecule has 1 aliphatic rings. The van der Waals surface area contributed by atoms with Gasteiger partial charge in [0.15, 0.2) is 0 Å². The Morgan fingerprint density at radius 2 is 2.00 bits per heavy atom. The molecule has 78 valence electrons. The van der Waals surface area contributed by atoms with Crippen LogP contribution in [0.15, 0.2) is 35.9 Å². The van der Waals surface area contributed by atoms with Crippen LogP contribution >= 0.6 is 22.6 Å². The molecule has 2 rings (SSSR count). The van der Waals surface area contributed by atoms with Crippen LogP contribution in [0.1, 0.15) is 6.92 Å². The monoisotopic (exact) mass is 316 g/mol. The van der Waals surface area contributed by atoms with Crippen LogP contribution in [0.4, 0.5) is 0 Å². The summed E-state index contributed by atoms with van der Waals surface area (Å²) in [4.78, 5) is 11.1. The van der Waals surface area contributed by atoms with Crippen LogP contribution in [0, 0.1) is 3.57 Å². The Labute approximate surface area is 101 Å². The van der Waals surface area contributed by atoms with E-state index in [1.54, 1.807) is 13.0 Å². The molecular weight excluding hydrogens is 307 g/mol. The minimum atomic E-state index is -0.586. The van der Waals surface area contributed by atoms with Crippen LogP contribution in [0.2, 0.25) is 0 Å². The van der Waals surface area contributed by atoms with Crippen LogP contribution in [0.5, 0.6) is 5.75 Å². The molecule has 0 radical (unpaired) electrons. The first-order valence-electron chi connectivity index (χ1n) is 4.47. The molecule has 0 aromatic heterocycles. The van der Waals surface area contributed by atoms with Crippen molar-refractivity contribution in [1.82, 2.24) is 0 Å². The van der Waals surface area contributed by atoms with E-state index in [-0.39, 0.29) is 5.97 Å². The van der Waals surface area contributed by atoms with Gasteiger partial charge < -0.3 is 9.47 Å². The Balaban J connectivity index is 2.05. The van der Waals surface area contributed by atoms with Gasteiger partial charge >= 0.3 is 5.97 Å². The normalized spacial score (nSPS) is 19.7. The van der Waals surface area contributed by atoms with E-state index in [2.05, 4.69) is 22.6 Å². The van der Waals surface area contributed by atoms with E-state index >= 15 is 0 Å². The lowest BCUT2D eigenvalue weighted by atomic mass is 10.3. The molecule has 0 N–H and O–H groups in total. The van der Waals surface area contributed by atoms with Crippen LogP contribution in [-0.2, 0) is 9.53 Å². The molecule has 1 atom stereocenters. The summed E-state index contributed by atoms with van der Waals surface area (Å²) >= 11 is 2.21. The topological polar surface area (TPSA) is 35.5 Å². The minimum absolute atomic E-state index is 0.314. The summed E-state index contributed by atoms with van der Waals surface area (Å²) < 4.78 is 11.5. The summed E-state index contributed by atoms with van der Waals surface area (Å²) in [6, 6.07) is 7.56. The second-order valence-corrected chi connectivity index (χ2v) is 4.44. The Bertz CT molecular complexity index is 408. The van der Waals surface area contributed by atoms with Crippen molar-refractivity contribution >= 4 is 28.6 Å². The second kappa shape index (κ2) is 4.22. The zero-order valence-corrected chi connectivity index (χ0v) is 10.2. The maximum Gasteiger partial charge on any atom is 0.336 e. The molecule has 0 bridgehead atoms. The third kappa shape index (κ3) is 2.50. The van der Waals surface area contributed by atoms with E-state index < -0.39 is 6.29 Å². The standard InChI is InChI=1S/C11H9IO3/c1-7-6-10(15-11(7)13)14-9-4-2-8(12)3-5-9/h2-6,10H,1H3. The molecule has 0 amide bonds. The fraction of sp³-hybridized carbons (Fsp3) is 0.182. The number of carbonyl (C=O) groups is 1. The molecular formula is C11H9IO3. The molecule has 0 fully saturated rings. The first-order chi connectivity index (χ1) is 7.15. The highest BCUT2D eigenvalue weighted by atomic mass is 127. The van der Waals surface area contributed by atoms with Gasteiger partial charge in [-0.05, 0) is 53.8 Å². The summed E-state index contributed by atoms with van der Waals surface area (Å²) in [7, 11) is 0. The molecule has 1 aliphatic heterocycles. The Morgan fingerprint density at radius 1 is 1.33 bits per heavy atom. The van der Waals surface area contributed by atoms with Crippen molar-refractivity contribution in [3.8, 4) is 5.75 Å². The number of ether oxygens (including phenoxy) is 2. The smallest absolute Gasteiger partial charge is 0.336 e. The van der Waals surface area contributed by atoms with Gasteiger partial charge in [-0.25, -0.2) is 4.79 Å². The lowest BCUT2D eigenvalue weighted by Gasteiger charge is -2.10. The van der Waals surface area contributed by atoms with Gasteiger partial charge in [-0.15, -0.1) is 0 Å². The van der Waals surface area contributed by atoms with Gasteiger partial charge in [0.25, 0.3) is 6.29 Å². The number of esters is 1. The largest absolute Gasteiger partial charge is 0.451 e. The first-order valence-corrected chi connectivity index (χ1v) is 5.54. The van der Waals surface area contributed by atoms with E-state index in [1.807, 2.05) is 24.3 Å². The van der Waals surface area contributed by atoms with Crippen molar-refractivity contribution in [1.29, 1.82) is 0 Å². The molecule has 1 aromatic carbocycles. The van der Waals surface area contributed by atoms with Crippen molar-refractivity contribution in [3.63, 3.8) is 0 Å². The van der Waals surface area contributed by atoms with Crippen molar-refractivity contribution in [3.05, 3.63) is 39.5 Å². The number of benzene rings is 1. The van der Waals surface area contributed by atoms with Gasteiger partial charge in [0, 0.05) is 15.2 Å². The first kappa shape index (κ1) is 10.5. The molecule has 0 spiro atoms. The third-order valence-electron chi connectivity index (χ3n) is 2.00. The lowest BCUT2D eigenvalue weighted by molar-refractivity contribution is -0.148. The highest BCUT2D eigenvalue weighted by molar-refractivity contribution is 14.1. The predicted molar refractivity (Wildman–Crippen MR) is 63.4 cm³/mol. The molecule has 3 nitrogen and oxygen atoms in total. The number of halogens is 1. The van der Waals surface area contributed by atoms with Gasteiger partial charge in [0.1, 0.15) is 5.75 Å². The van der Waals surface area contributed by atoms with Gasteiger partial charge in [0.05, 0.1) is 0 Å². The number of carbonyl (C=O) groups excluding carboxylic acids is 1. The molecule has 15 heavy (non-hydrogen) atoms. The second-order valence-electron chi connectivity index (χ2n) is 3.20. The van der Waals surface area contributed by atoms with Gasteiger partial charge in [-0.3, -0.25) is 0 Å². The number of hydrogen-bond acceptors (Lipinski definition) is 3. The SMILES string of the molecule is CC1=CC(Oc2ccc(I)cc2)OC1=O. The van der Waals surface area contributed by atoms with E-state index in [9.17, 15) is 4.79 Å². The third-order valence-corrected chi connectivity index (χ3v) is 2.72. The van der Waals surface area contributed by atoms with E-state index in [1.165, 1.54) is 0 Å². The van der Waals surface area contributed by atoms with Crippen LogP contribution in [-0.4, -0.2) is 12.3 Å². The minimum Gasteiger partial charge on any atom is -0.451 e. The molecule has 0 saturated carbocycles. The predicted octanol–water partition coefficient (Wildman–Crippen LogP) is 2.50. The number of hydrogen-bond donors (Lipinski definition) is 0. The molecule has 0 saturated heterocycles. The highest BCUT2D eigenvalue weighted by Gasteiger charge is 2.23. The lowest BCUT2D eigenvalue weighted by Crippen LogP contribution is -2.15. The number of rotatable bonds is 2. The van der Waals surface area contributed by atoms with Crippen LogP contribution < -0.4 is 4.74 Å². The summed E-state index contributed by atoms with van der Waals surface area (Å²) in [6.07, 6.45) is 1.08. The summed E-state index contributed by atoms with van der Waals surface area (Å²) in [6.45, 7) is 1.71. The average Bonchev–Trinajstić information content (AvgIpc) is 2.50. The van der Waals surface area contributed by atoms with Gasteiger partial charge in [-0.1, -0.05) is 0 Å². The average molecular weight is 316 g/mol. The Kier molecular flexibility index (Phi) is 2.95.